The minimum atomic E-state index is -0.0875. The molecule has 5 atom stereocenters. The van der Waals surface area contributed by atoms with Crippen molar-refractivity contribution in [1.82, 2.24) is 0 Å². The Morgan fingerprint density at radius 2 is 1.89 bits per heavy atom. The van der Waals surface area contributed by atoms with E-state index in [1.165, 1.54) is 44.1 Å². The van der Waals surface area contributed by atoms with Crippen molar-refractivity contribution in [1.29, 1.82) is 0 Å². The summed E-state index contributed by atoms with van der Waals surface area (Å²) in [7, 11) is 1.71. The lowest BCUT2D eigenvalue weighted by Crippen LogP contribution is -2.48. The fourth-order valence-electron chi connectivity index (χ4n) is 7.26. The average molecular weight is 365 g/mol. The van der Waals surface area contributed by atoms with Crippen LogP contribution in [0.3, 0.4) is 0 Å². The van der Waals surface area contributed by atoms with Gasteiger partial charge < -0.3 is 4.74 Å². The summed E-state index contributed by atoms with van der Waals surface area (Å²) in [6.45, 7) is 0. The maximum absolute atomic E-state index is 13.2. The van der Waals surface area contributed by atoms with Crippen LogP contribution in [0.5, 0.6) is 5.75 Å². The smallest absolute Gasteiger partial charge is 0.139 e. The van der Waals surface area contributed by atoms with E-state index in [0.717, 1.165) is 49.2 Å². The van der Waals surface area contributed by atoms with Gasteiger partial charge in [-0.05, 0) is 92.7 Å². The van der Waals surface area contributed by atoms with E-state index in [1.54, 1.807) is 12.7 Å². The summed E-state index contributed by atoms with van der Waals surface area (Å²) < 4.78 is 5.31. The second-order valence-corrected chi connectivity index (χ2v) is 9.48. The van der Waals surface area contributed by atoms with Crippen molar-refractivity contribution in [3.63, 3.8) is 0 Å². The first kappa shape index (κ1) is 17.5. The maximum atomic E-state index is 13.2. The van der Waals surface area contributed by atoms with Gasteiger partial charge in [0.05, 0.1) is 7.11 Å². The van der Waals surface area contributed by atoms with Crippen LogP contribution in [0.4, 0.5) is 0 Å². The summed E-state index contributed by atoms with van der Waals surface area (Å²) in [5.41, 5.74) is 2.99. The molecule has 27 heavy (non-hydrogen) atoms. The number of rotatable bonds is 3. The van der Waals surface area contributed by atoms with Gasteiger partial charge in [0.25, 0.3) is 0 Å². The molecule has 144 valence electrons. The zero-order chi connectivity index (χ0) is 18.4. The highest BCUT2D eigenvalue weighted by Crippen LogP contribution is 2.61. The first-order valence-corrected chi connectivity index (χ1v) is 11.1. The first-order valence-electron chi connectivity index (χ1n) is 11.1. The predicted octanol–water partition coefficient (Wildman–Crippen LogP) is 5.75. The minimum Gasteiger partial charge on any atom is -0.497 e. The van der Waals surface area contributed by atoms with E-state index >= 15 is 0 Å². The normalized spacial score (nSPS) is 37.8. The van der Waals surface area contributed by atoms with Crippen LogP contribution >= 0.6 is 0 Å². The zero-order valence-electron chi connectivity index (χ0n) is 16.6. The number of hydrogen-bond acceptors (Lipinski definition) is 2. The molecule has 1 aromatic carbocycles. The van der Waals surface area contributed by atoms with Crippen LogP contribution < -0.4 is 4.74 Å². The fourth-order valence-corrected chi connectivity index (χ4v) is 7.26. The van der Waals surface area contributed by atoms with E-state index in [4.69, 9.17) is 4.74 Å². The Morgan fingerprint density at radius 3 is 2.70 bits per heavy atom. The number of carbonyl (C=O) groups is 1. The SMILES string of the molecule is COc1ccc(C[C@]23CC[C@H]4[C@@H](CC=C5CCCC[C@@H]54)[C@@H]2CCC3=O)cc1. The molecule has 0 saturated heterocycles. The lowest BCUT2D eigenvalue weighted by molar-refractivity contribution is -0.132. The highest BCUT2D eigenvalue weighted by Gasteiger charge is 2.57. The Balaban J connectivity index is 1.44. The summed E-state index contributed by atoms with van der Waals surface area (Å²) >= 11 is 0. The van der Waals surface area contributed by atoms with Crippen molar-refractivity contribution < 1.29 is 9.53 Å². The Kier molecular flexibility index (Phi) is 4.41. The molecule has 0 amide bonds. The topological polar surface area (TPSA) is 26.3 Å². The zero-order valence-corrected chi connectivity index (χ0v) is 16.6. The van der Waals surface area contributed by atoms with Crippen molar-refractivity contribution in [3.05, 3.63) is 41.5 Å². The van der Waals surface area contributed by atoms with Gasteiger partial charge in [-0.3, -0.25) is 4.79 Å². The summed E-state index contributed by atoms with van der Waals surface area (Å²) in [4.78, 5) is 13.2. The number of ketones is 1. The van der Waals surface area contributed by atoms with E-state index in [2.05, 4.69) is 18.2 Å². The van der Waals surface area contributed by atoms with Gasteiger partial charge in [-0.1, -0.05) is 30.2 Å². The van der Waals surface area contributed by atoms with Crippen LogP contribution in [-0.4, -0.2) is 12.9 Å². The summed E-state index contributed by atoms with van der Waals surface area (Å²) in [6.07, 6.45) is 14.6. The standard InChI is InChI=1S/C25H32O2/c1-27-19-9-6-17(7-10-19)16-25-15-14-21-20-5-3-2-4-18(20)8-11-22(21)23(25)12-13-24(25)26/h6-10,20-23H,2-5,11-16H2,1H3/t20-,21+,22+,23-,25+/m0/s1. The van der Waals surface area contributed by atoms with E-state index < -0.39 is 0 Å². The van der Waals surface area contributed by atoms with Crippen molar-refractivity contribution in [2.75, 3.05) is 7.11 Å². The van der Waals surface area contributed by atoms with Gasteiger partial charge >= 0.3 is 0 Å². The molecule has 0 N–H and O–H groups in total. The monoisotopic (exact) mass is 364 g/mol. The number of allylic oxidation sites excluding steroid dienone is 2. The van der Waals surface area contributed by atoms with Gasteiger partial charge in [0.2, 0.25) is 0 Å². The molecule has 0 heterocycles. The molecule has 3 saturated carbocycles. The van der Waals surface area contributed by atoms with Crippen LogP contribution in [0.1, 0.15) is 63.4 Å². The number of carbonyl (C=O) groups excluding carboxylic acids is 1. The molecule has 0 aromatic heterocycles. The van der Waals surface area contributed by atoms with Crippen LogP contribution in [-0.2, 0) is 11.2 Å². The van der Waals surface area contributed by atoms with Gasteiger partial charge in [0.1, 0.15) is 11.5 Å². The lowest BCUT2D eigenvalue weighted by Gasteiger charge is -2.52. The third-order valence-corrected chi connectivity index (χ3v) is 8.49. The number of Topliss-reactive ketones (excluding diaryl/α,β-unsaturated/α-hetero) is 1. The minimum absolute atomic E-state index is 0.0875. The van der Waals surface area contributed by atoms with Crippen molar-refractivity contribution in [3.8, 4) is 5.75 Å². The summed E-state index contributed by atoms with van der Waals surface area (Å²) in [5, 5.41) is 0. The number of hydrogen-bond donors (Lipinski definition) is 0. The first-order chi connectivity index (χ1) is 13.2. The van der Waals surface area contributed by atoms with E-state index in [0.29, 0.717) is 11.7 Å². The molecular weight excluding hydrogens is 332 g/mol. The van der Waals surface area contributed by atoms with Crippen LogP contribution in [0, 0.1) is 29.1 Å². The van der Waals surface area contributed by atoms with Crippen molar-refractivity contribution in [2.24, 2.45) is 29.1 Å². The molecule has 0 aliphatic heterocycles. The maximum Gasteiger partial charge on any atom is 0.139 e. The third kappa shape index (κ3) is 2.79. The molecule has 2 nitrogen and oxygen atoms in total. The molecule has 5 rings (SSSR count). The quantitative estimate of drug-likeness (QED) is 0.638. The average Bonchev–Trinajstić information content (AvgIpc) is 3.05. The van der Waals surface area contributed by atoms with Crippen LogP contribution in [0.25, 0.3) is 0 Å². The number of methoxy groups -OCH3 is 1. The molecule has 1 aromatic rings. The second kappa shape index (κ2) is 6.79. The van der Waals surface area contributed by atoms with E-state index in [-0.39, 0.29) is 5.41 Å². The van der Waals surface area contributed by atoms with Crippen LogP contribution in [0.15, 0.2) is 35.9 Å². The van der Waals surface area contributed by atoms with Crippen LogP contribution in [0.2, 0.25) is 0 Å². The highest BCUT2D eigenvalue weighted by molar-refractivity contribution is 5.88. The third-order valence-electron chi connectivity index (χ3n) is 8.49. The van der Waals surface area contributed by atoms with Gasteiger partial charge in [-0.25, -0.2) is 0 Å². The molecule has 0 unspecified atom stereocenters. The predicted molar refractivity (Wildman–Crippen MR) is 108 cm³/mol. The van der Waals surface area contributed by atoms with Gasteiger partial charge in [0, 0.05) is 11.8 Å². The van der Waals surface area contributed by atoms with Crippen molar-refractivity contribution >= 4 is 5.78 Å². The fraction of sp³-hybridized carbons (Fsp3) is 0.640. The highest BCUT2D eigenvalue weighted by atomic mass is 16.5. The van der Waals surface area contributed by atoms with Gasteiger partial charge in [-0.15, -0.1) is 0 Å². The van der Waals surface area contributed by atoms with E-state index in [1.807, 2.05) is 12.1 Å². The Hall–Kier alpha value is -1.57. The van der Waals surface area contributed by atoms with Gasteiger partial charge in [0.15, 0.2) is 0 Å². The number of fused-ring (bicyclic) bond motifs is 5. The largest absolute Gasteiger partial charge is 0.497 e. The summed E-state index contributed by atoms with van der Waals surface area (Å²) in [5.74, 6) is 4.50. The molecule has 0 spiro atoms. The Labute approximate surface area is 163 Å². The molecule has 4 aliphatic carbocycles. The molecule has 2 heteroatoms. The van der Waals surface area contributed by atoms with Crippen molar-refractivity contribution in [2.45, 2.75) is 64.2 Å². The summed E-state index contributed by atoms with van der Waals surface area (Å²) in [6, 6.07) is 8.43. The van der Waals surface area contributed by atoms with Gasteiger partial charge in [-0.2, -0.15) is 0 Å². The molecular formula is C25H32O2. The molecule has 3 fully saturated rings. The molecule has 0 bridgehead atoms. The molecule has 4 aliphatic rings. The van der Waals surface area contributed by atoms with E-state index in [9.17, 15) is 4.79 Å². The Bertz CT molecular complexity index is 746. The lowest BCUT2D eigenvalue weighted by atomic mass is 9.51. The number of benzene rings is 1. The number of ether oxygens (including phenoxy) is 1. The Morgan fingerprint density at radius 1 is 1.04 bits per heavy atom. The molecule has 0 radical (unpaired) electrons. The second-order valence-electron chi connectivity index (χ2n) is 9.48.